The second kappa shape index (κ2) is 8.54. The Bertz CT molecular complexity index is 1670. The highest BCUT2D eigenvalue weighted by molar-refractivity contribution is 5.95. The number of carbonyl (C=O) groups is 1. The number of amides is 1. The number of methoxy groups -OCH3 is 1. The van der Waals surface area contributed by atoms with Crippen LogP contribution in [-0.4, -0.2) is 37.1 Å². The van der Waals surface area contributed by atoms with Gasteiger partial charge in [-0.25, -0.2) is 20.5 Å². The van der Waals surface area contributed by atoms with Crippen molar-refractivity contribution in [2.24, 2.45) is 12.2 Å². The molecule has 0 bridgehead atoms. The van der Waals surface area contributed by atoms with E-state index in [-0.39, 0.29) is 18.1 Å². The SMILES string of the molecule is COc1cc(-n2c3c(c4ncnc(N=N)c42)COC3)ccc1NC(=O)Cc1cnc2c(ccn2C)c1. The summed E-state index contributed by atoms with van der Waals surface area (Å²) in [5.74, 6) is 0.588. The van der Waals surface area contributed by atoms with Gasteiger partial charge in [-0.2, -0.15) is 0 Å². The fraction of sp³-hybridized carbons (Fsp3) is 0.200. The molecule has 0 saturated heterocycles. The standard InChI is InChI=1S/C25H22N8O3/c1-32-6-5-15-7-14(10-27-25(15)32)8-21(34)30-18-4-3-16(9-20(18)35-2)33-19-12-36-11-17(19)22-23(33)24(31-26)29-13-28-22/h3-7,9-10,13,26H,8,11-12H2,1-2H3,(H,30,34). The summed E-state index contributed by atoms with van der Waals surface area (Å²) in [7, 11) is 3.49. The van der Waals surface area contributed by atoms with Gasteiger partial charge in [-0.1, -0.05) is 0 Å². The Morgan fingerprint density at radius 3 is 2.94 bits per heavy atom. The number of rotatable bonds is 6. The Kier molecular flexibility index (Phi) is 5.19. The maximum atomic E-state index is 12.8. The maximum absolute atomic E-state index is 12.8. The van der Waals surface area contributed by atoms with Crippen molar-refractivity contribution < 1.29 is 14.3 Å². The molecular weight excluding hydrogens is 460 g/mol. The highest BCUT2D eigenvalue weighted by Gasteiger charge is 2.27. The van der Waals surface area contributed by atoms with E-state index in [1.165, 1.54) is 6.33 Å². The first-order valence-electron chi connectivity index (χ1n) is 11.3. The summed E-state index contributed by atoms with van der Waals surface area (Å²) in [4.78, 5) is 25.9. The number of nitrogens with one attached hydrogen (secondary N) is 2. The van der Waals surface area contributed by atoms with Crippen LogP contribution in [0.15, 0.2) is 54.2 Å². The van der Waals surface area contributed by atoms with Crippen molar-refractivity contribution in [2.75, 3.05) is 12.4 Å². The number of ether oxygens (including phenoxy) is 2. The molecule has 0 fully saturated rings. The van der Waals surface area contributed by atoms with Crippen LogP contribution in [0.4, 0.5) is 11.5 Å². The molecular formula is C25H22N8O3. The zero-order valence-corrected chi connectivity index (χ0v) is 19.6. The molecule has 180 valence electrons. The summed E-state index contributed by atoms with van der Waals surface area (Å²) in [5.41, 5.74) is 13.8. The van der Waals surface area contributed by atoms with Gasteiger partial charge in [-0.15, -0.1) is 5.11 Å². The van der Waals surface area contributed by atoms with Gasteiger partial charge >= 0.3 is 0 Å². The van der Waals surface area contributed by atoms with E-state index in [0.29, 0.717) is 35.7 Å². The Morgan fingerprint density at radius 2 is 2.11 bits per heavy atom. The number of hydrogen-bond donors (Lipinski definition) is 2. The van der Waals surface area contributed by atoms with Gasteiger partial charge in [-0.05, 0) is 29.8 Å². The zero-order chi connectivity index (χ0) is 24.8. The molecule has 0 aliphatic carbocycles. The van der Waals surface area contributed by atoms with Gasteiger partial charge in [0.1, 0.15) is 28.8 Å². The van der Waals surface area contributed by atoms with Crippen LogP contribution in [0.1, 0.15) is 16.8 Å². The fourth-order valence-electron chi connectivity index (χ4n) is 4.72. The average Bonchev–Trinajstić information content (AvgIpc) is 3.59. The van der Waals surface area contributed by atoms with Gasteiger partial charge < -0.3 is 23.9 Å². The van der Waals surface area contributed by atoms with Crippen molar-refractivity contribution in [3.8, 4) is 11.4 Å². The normalized spacial score (nSPS) is 12.7. The van der Waals surface area contributed by atoms with Crippen LogP contribution in [0.5, 0.6) is 5.75 Å². The third-order valence-electron chi connectivity index (χ3n) is 6.37. The van der Waals surface area contributed by atoms with Crippen LogP contribution >= 0.6 is 0 Å². The Labute approximate surface area is 205 Å². The number of aryl methyl sites for hydroxylation is 1. The molecule has 11 nitrogen and oxygen atoms in total. The van der Waals surface area contributed by atoms with Crippen molar-refractivity contribution in [3.05, 3.63) is 65.9 Å². The molecule has 4 aromatic heterocycles. The number of hydrogen-bond acceptors (Lipinski definition) is 8. The molecule has 1 aromatic carbocycles. The van der Waals surface area contributed by atoms with Gasteiger partial charge in [0.05, 0.1) is 38.1 Å². The second-order valence-corrected chi connectivity index (χ2v) is 8.55. The van der Waals surface area contributed by atoms with Crippen LogP contribution in [0.3, 0.4) is 0 Å². The molecule has 0 atom stereocenters. The minimum Gasteiger partial charge on any atom is -0.494 e. The molecule has 5 heterocycles. The highest BCUT2D eigenvalue weighted by Crippen LogP contribution is 2.38. The van der Waals surface area contributed by atoms with Crippen molar-refractivity contribution in [1.29, 1.82) is 5.53 Å². The lowest BCUT2D eigenvalue weighted by molar-refractivity contribution is -0.115. The minimum absolute atomic E-state index is 0.178. The number of carbonyl (C=O) groups excluding carboxylic acids is 1. The van der Waals surface area contributed by atoms with Crippen molar-refractivity contribution in [2.45, 2.75) is 19.6 Å². The molecule has 11 heteroatoms. The predicted molar refractivity (Wildman–Crippen MR) is 132 cm³/mol. The first kappa shape index (κ1) is 21.9. The number of anilines is 1. The quantitative estimate of drug-likeness (QED) is 0.349. The van der Waals surface area contributed by atoms with E-state index >= 15 is 0 Å². The summed E-state index contributed by atoms with van der Waals surface area (Å²) >= 11 is 0. The van der Waals surface area contributed by atoms with Crippen LogP contribution in [0, 0.1) is 5.53 Å². The van der Waals surface area contributed by atoms with E-state index in [1.807, 2.05) is 46.6 Å². The predicted octanol–water partition coefficient (Wildman–Crippen LogP) is 4.19. The second-order valence-electron chi connectivity index (χ2n) is 8.55. The molecule has 5 aromatic rings. The minimum atomic E-state index is -0.178. The summed E-state index contributed by atoms with van der Waals surface area (Å²) in [6.45, 7) is 0.839. The average molecular weight is 483 g/mol. The Morgan fingerprint density at radius 1 is 1.22 bits per heavy atom. The molecule has 1 aliphatic heterocycles. The molecule has 0 radical (unpaired) electrons. The van der Waals surface area contributed by atoms with E-state index in [0.717, 1.165) is 33.5 Å². The summed E-state index contributed by atoms with van der Waals surface area (Å²) in [5, 5.41) is 7.53. The van der Waals surface area contributed by atoms with E-state index in [9.17, 15) is 4.79 Å². The lowest BCUT2D eigenvalue weighted by Gasteiger charge is -2.15. The van der Waals surface area contributed by atoms with Gasteiger partial charge in [0.15, 0.2) is 0 Å². The number of nitrogens with zero attached hydrogens (tertiary/aromatic N) is 6. The van der Waals surface area contributed by atoms with E-state index in [2.05, 4.69) is 25.4 Å². The Hall–Kier alpha value is -4.64. The van der Waals surface area contributed by atoms with Crippen LogP contribution < -0.4 is 10.1 Å². The lowest BCUT2D eigenvalue weighted by Crippen LogP contribution is -2.15. The van der Waals surface area contributed by atoms with Gasteiger partial charge in [0.25, 0.3) is 0 Å². The third-order valence-corrected chi connectivity index (χ3v) is 6.37. The van der Waals surface area contributed by atoms with E-state index in [4.69, 9.17) is 15.0 Å². The topological polar surface area (TPSA) is 132 Å². The number of fused-ring (bicyclic) bond motifs is 4. The first-order chi connectivity index (χ1) is 17.6. The molecule has 1 amide bonds. The number of benzene rings is 1. The van der Waals surface area contributed by atoms with Crippen molar-refractivity contribution >= 4 is 39.5 Å². The monoisotopic (exact) mass is 482 g/mol. The summed E-state index contributed by atoms with van der Waals surface area (Å²) < 4.78 is 15.2. The first-order valence-corrected chi connectivity index (χ1v) is 11.3. The molecule has 1 aliphatic rings. The fourth-order valence-corrected chi connectivity index (χ4v) is 4.72. The number of aromatic nitrogens is 5. The summed E-state index contributed by atoms with van der Waals surface area (Å²) in [6.07, 6.45) is 5.25. The molecule has 6 rings (SSSR count). The van der Waals surface area contributed by atoms with Crippen LogP contribution in [0.2, 0.25) is 0 Å². The highest BCUT2D eigenvalue weighted by atomic mass is 16.5. The molecule has 36 heavy (non-hydrogen) atoms. The van der Waals surface area contributed by atoms with Crippen molar-refractivity contribution in [1.82, 2.24) is 24.1 Å². The van der Waals surface area contributed by atoms with Gasteiger partial charge in [-0.3, -0.25) is 4.79 Å². The molecule has 2 N–H and O–H groups in total. The lowest BCUT2D eigenvalue weighted by atomic mass is 10.1. The summed E-state index contributed by atoms with van der Waals surface area (Å²) in [6, 6.07) is 9.43. The molecule has 0 saturated carbocycles. The largest absolute Gasteiger partial charge is 0.494 e. The molecule has 0 spiro atoms. The van der Waals surface area contributed by atoms with Gasteiger partial charge in [0.2, 0.25) is 11.7 Å². The van der Waals surface area contributed by atoms with Crippen LogP contribution in [-0.2, 0) is 36.2 Å². The maximum Gasteiger partial charge on any atom is 0.228 e. The van der Waals surface area contributed by atoms with Crippen LogP contribution in [0.25, 0.3) is 27.8 Å². The smallest absolute Gasteiger partial charge is 0.228 e. The van der Waals surface area contributed by atoms with Gasteiger partial charge in [0, 0.05) is 42.1 Å². The van der Waals surface area contributed by atoms with Crippen molar-refractivity contribution in [3.63, 3.8) is 0 Å². The molecule has 0 unspecified atom stereocenters. The zero-order valence-electron chi connectivity index (χ0n) is 19.6. The Balaban J connectivity index is 1.32. The number of pyridine rings is 1. The van der Waals surface area contributed by atoms with E-state index in [1.54, 1.807) is 19.4 Å². The third kappa shape index (κ3) is 3.48. The van der Waals surface area contributed by atoms with E-state index < -0.39 is 0 Å².